The number of aromatic nitrogens is 2. The van der Waals surface area contributed by atoms with Crippen molar-refractivity contribution in [1.82, 2.24) is 9.97 Å². The molecule has 0 saturated heterocycles. The van der Waals surface area contributed by atoms with Gasteiger partial charge in [-0.3, -0.25) is 10.1 Å². The zero-order chi connectivity index (χ0) is 13.7. The van der Waals surface area contributed by atoms with E-state index < -0.39 is 4.92 Å². The van der Waals surface area contributed by atoms with Gasteiger partial charge < -0.3 is 5.32 Å². The highest BCUT2D eigenvalue weighted by atomic mass is 16.6. The molecular weight excluding hydrogens is 244 g/mol. The van der Waals surface area contributed by atoms with Gasteiger partial charge in [-0.15, -0.1) is 0 Å². The molecule has 1 aromatic heterocycles. The van der Waals surface area contributed by atoms with Gasteiger partial charge in [0.25, 0.3) is 5.69 Å². The van der Waals surface area contributed by atoms with Gasteiger partial charge in [0, 0.05) is 30.6 Å². The second-order valence-corrected chi connectivity index (χ2v) is 4.12. The zero-order valence-corrected chi connectivity index (χ0v) is 10.5. The maximum absolute atomic E-state index is 10.5. The van der Waals surface area contributed by atoms with Crippen LogP contribution in [0, 0.1) is 17.0 Å². The maximum Gasteiger partial charge on any atom is 0.269 e. The van der Waals surface area contributed by atoms with Crippen LogP contribution in [0.2, 0.25) is 0 Å². The van der Waals surface area contributed by atoms with Crippen LogP contribution in [0.4, 0.5) is 11.6 Å². The number of anilines is 1. The number of nitrogens with zero attached hydrogens (tertiary/aromatic N) is 3. The monoisotopic (exact) mass is 258 g/mol. The Labute approximate surface area is 110 Å². The zero-order valence-electron chi connectivity index (χ0n) is 10.5. The van der Waals surface area contributed by atoms with Crippen LogP contribution in [0.5, 0.6) is 0 Å². The molecule has 0 unspecified atom stereocenters. The van der Waals surface area contributed by atoms with Crippen LogP contribution < -0.4 is 5.32 Å². The van der Waals surface area contributed by atoms with Crippen LogP contribution >= 0.6 is 0 Å². The summed E-state index contributed by atoms with van der Waals surface area (Å²) < 4.78 is 0. The molecule has 0 fully saturated rings. The van der Waals surface area contributed by atoms with E-state index in [1.165, 1.54) is 12.1 Å². The summed E-state index contributed by atoms with van der Waals surface area (Å²) in [5.74, 6) is 0.599. The number of nitro benzene ring substituents is 1. The molecule has 6 nitrogen and oxygen atoms in total. The van der Waals surface area contributed by atoms with Crippen LogP contribution in [-0.4, -0.2) is 21.4 Å². The van der Waals surface area contributed by atoms with E-state index in [1.807, 2.05) is 13.0 Å². The Morgan fingerprint density at radius 1 is 1.26 bits per heavy atom. The van der Waals surface area contributed by atoms with Crippen LogP contribution in [0.15, 0.2) is 36.5 Å². The van der Waals surface area contributed by atoms with Crippen LogP contribution in [0.25, 0.3) is 0 Å². The van der Waals surface area contributed by atoms with Gasteiger partial charge in [-0.05, 0) is 25.0 Å². The Kier molecular flexibility index (Phi) is 4.02. The smallest absolute Gasteiger partial charge is 0.269 e. The molecule has 0 atom stereocenters. The SMILES string of the molecule is Cc1ccnc(NCCc2ccc([N+](=O)[O-])cc2)n1. The average molecular weight is 258 g/mol. The molecule has 0 saturated carbocycles. The van der Waals surface area contributed by atoms with E-state index in [4.69, 9.17) is 0 Å². The molecular formula is C13H14N4O2. The first-order valence-electron chi connectivity index (χ1n) is 5.92. The molecule has 2 rings (SSSR count). The van der Waals surface area contributed by atoms with Crippen molar-refractivity contribution in [3.05, 3.63) is 57.9 Å². The summed E-state index contributed by atoms with van der Waals surface area (Å²) in [5, 5.41) is 13.6. The Bertz CT molecular complexity index is 569. The first-order valence-corrected chi connectivity index (χ1v) is 5.92. The van der Waals surface area contributed by atoms with Gasteiger partial charge in [0.1, 0.15) is 0 Å². The van der Waals surface area contributed by atoms with Crippen LogP contribution in [-0.2, 0) is 6.42 Å². The minimum atomic E-state index is -0.400. The molecule has 0 amide bonds. The van der Waals surface area contributed by atoms with Gasteiger partial charge in [0.2, 0.25) is 5.95 Å². The van der Waals surface area contributed by atoms with Gasteiger partial charge >= 0.3 is 0 Å². The summed E-state index contributed by atoms with van der Waals surface area (Å²) >= 11 is 0. The first-order chi connectivity index (χ1) is 9.15. The summed E-state index contributed by atoms with van der Waals surface area (Å²) in [7, 11) is 0. The summed E-state index contributed by atoms with van der Waals surface area (Å²) in [6.45, 7) is 2.59. The standard InChI is InChI=1S/C13H14N4O2/c1-10-6-8-14-13(16-10)15-9-7-11-2-4-12(5-3-11)17(18)19/h2-6,8H,7,9H2,1H3,(H,14,15,16). The van der Waals surface area contributed by atoms with E-state index in [2.05, 4.69) is 15.3 Å². The number of hydrogen-bond acceptors (Lipinski definition) is 5. The first kappa shape index (κ1) is 12.9. The normalized spacial score (nSPS) is 10.2. The van der Waals surface area contributed by atoms with Crippen molar-refractivity contribution in [1.29, 1.82) is 0 Å². The number of hydrogen-bond donors (Lipinski definition) is 1. The molecule has 98 valence electrons. The lowest BCUT2D eigenvalue weighted by Gasteiger charge is -2.05. The third-order valence-electron chi connectivity index (χ3n) is 2.64. The van der Waals surface area contributed by atoms with E-state index >= 15 is 0 Å². The lowest BCUT2D eigenvalue weighted by atomic mass is 10.1. The Hall–Kier alpha value is -2.50. The molecule has 1 aromatic carbocycles. The van der Waals surface area contributed by atoms with E-state index in [9.17, 15) is 10.1 Å². The summed E-state index contributed by atoms with van der Waals surface area (Å²) in [5.41, 5.74) is 2.05. The highest BCUT2D eigenvalue weighted by molar-refractivity contribution is 5.33. The highest BCUT2D eigenvalue weighted by Crippen LogP contribution is 2.12. The maximum atomic E-state index is 10.5. The van der Waals surface area contributed by atoms with Gasteiger partial charge in [-0.2, -0.15) is 0 Å². The van der Waals surface area contributed by atoms with Crippen molar-refractivity contribution in [3.63, 3.8) is 0 Å². The van der Waals surface area contributed by atoms with Crippen molar-refractivity contribution in [3.8, 4) is 0 Å². The van der Waals surface area contributed by atoms with Gasteiger partial charge in [0.15, 0.2) is 0 Å². The summed E-state index contributed by atoms with van der Waals surface area (Å²) in [6.07, 6.45) is 2.46. The van der Waals surface area contributed by atoms with Crippen molar-refractivity contribution in [2.75, 3.05) is 11.9 Å². The predicted octanol–water partition coefficient (Wildman–Crippen LogP) is 2.35. The van der Waals surface area contributed by atoms with Crippen molar-refractivity contribution in [2.24, 2.45) is 0 Å². The second kappa shape index (κ2) is 5.90. The highest BCUT2D eigenvalue weighted by Gasteiger charge is 2.03. The Morgan fingerprint density at radius 3 is 2.63 bits per heavy atom. The predicted molar refractivity (Wildman–Crippen MR) is 72.1 cm³/mol. The van der Waals surface area contributed by atoms with E-state index in [1.54, 1.807) is 18.3 Å². The van der Waals surface area contributed by atoms with E-state index in [0.29, 0.717) is 12.5 Å². The minimum absolute atomic E-state index is 0.110. The topological polar surface area (TPSA) is 81.0 Å². The molecule has 0 radical (unpaired) electrons. The molecule has 0 bridgehead atoms. The molecule has 0 aliphatic heterocycles. The number of benzene rings is 1. The average Bonchev–Trinajstić information content (AvgIpc) is 2.39. The van der Waals surface area contributed by atoms with Gasteiger partial charge in [-0.25, -0.2) is 9.97 Å². The largest absolute Gasteiger partial charge is 0.354 e. The van der Waals surface area contributed by atoms with Crippen molar-refractivity contribution in [2.45, 2.75) is 13.3 Å². The van der Waals surface area contributed by atoms with E-state index in [0.717, 1.165) is 17.7 Å². The number of non-ortho nitro benzene ring substituents is 1. The molecule has 19 heavy (non-hydrogen) atoms. The fraction of sp³-hybridized carbons (Fsp3) is 0.231. The molecule has 6 heteroatoms. The number of aryl methyl sites for hydroxylation is 1. The molecule has 2 aromatic rings. The third-order valence-corrected chi connectivity index (χ3v) is 2.64. The molecule has 0 aliphatic carbocycles. The van der Waals surface area contributed by atoms with Gasteiger partial charge in [0.05, 0.1) is 4.92 Å². The minimum Gasteiger partial charge on any atom is -0.354 e. The molecule has 1 heterocycles. The van der Waals surface area contributed by atoms with Crippen LogP contribution in [0.1, 0.15) is 11.3 Å². The quantitative estimate of drug-likeness (QED) is 0.657. The van der Waals surface area contributed by atoms with Crippen LogP contribution in [0.3, 0.4) is 0 Å². The number of nitro groups is 1. The molecule has 1 N–H and O–H groups in total. The number of rotatable bonds is 5. The molecule has 0 spiro atoms. The second-order valence-electron chi connectivity index (χ2n) is 4.12. The van der Waals surface area contributed by atoms with Gasteiger partial charge in [-0.1, -0.05) is 12.1 Å². The van der Waals surface area contributed by atoms with Crippen molar-refractivity contribution < 1.29 is 4.92 Å². The third kappa shape index (κ3) is 3.74. The fourth-order valence-electron chi connectivity index (χ4n) is 1.64. The summed E-state index contributed by atoms with van der Waals surface area (Å²) in [4.78, 5) is 18.4. The lowest BCUT2D eigenvalue weighted by molar-refractivity contribution is -0.384. The Balaban J connectivity index is 1.87. The fourth-order valence-corrected chi connectivity index (χ4v) is 1.64. The molecule has 0 aliphatic rings. The van der Waals surface area contributed by atoms with Crippen molar-refractivity contribution >= 4 is 11.6 Å². The summed E-state index contributed by atoms with van der Waals surface area (Å²) in [6, 6.07) is 8.38. The Morgan fingerprint density at radius 2 is 2.00 bits per heavy atom. The van der Waals surface area contributed by atoms with E-state index in [-0.39, 0.29) is 5.69 Å². The number of nitrogens with one attached hydrogen (secondary N) is 1. The lowest BCUT2D eigenvalue weighted by Crippen LogP contribution is -2.08.